The van der Waals surface area contributed by atoms with Gasteiger partial charge >= 0.3 is 0 Å². The molecular formula is C11H15BrN2O. The lowest BCUT2D eigenvalue weighted by Gasteiger charge is -2.09. The molecule has 0 unspecified atom stereocenters. The number of anilines is 1. The number of carbonyl (C=O) groups is 1. The number of hydrogen-bond acceptors (Lipinski definition) is 2. The van der Waals surface area contributed by atoms with E-state index in [1.807, 2.05) is 25.1 Å². The first-order chi connectivity index (χ1) is 7.17. The van der Waals surface area contributed by atoms with Crippen LogP contribution in [0.5, 0.6) is 0 Å². The Balaban J connectivity index is 2.80. The van der Waals surface area contributed by atoms with E-state index in [2.05, 4.69) is 21.2 Å². The molecule has 0 aliphatic rings. The van der Waals surface area contributed by atoms with Gasteiger partial charge in [0.1, 0.15) is 0 Å². The second-order valence-electron chi connectivity index (χ2n) is 3.30. The maximum absolute atomic E-state index is 11.4. The van der Waals surface area contributed by atoms with Gasteiger partial charge < -0.3 is 11.1 Å². The molecule has 0 saturated carbocycles. The number of carbonyl (C=O) groups excluding carboxylic acids is 1. The van der Waals surface area contributed by atoms with Crippen LogP contribution in [0.25, 0.3) is 0 Å². The van der Waals surface area contributed by atoms with Crippen molar-refractivity contribution < 1.29 is 4.79 Å². The molecule has 82 valence electrons. The highest BCUT2D eigenvalue weighted by Gasteiger charge is 2.05. The zero-order chi connectivity index (χ0) is 11.3. The highest BCUT2D eigenvalue weighted by Crippen LogP contribution is 2.20. The Kier molecular flexibility index (Phi) is 4.78. The van der Waals surface area contributed by atoms with E-state index in [0.717, 1.165) is 22.1 Å². The van der Waals surface area contributed by atoms with Crippen molar-refractivity contribution in [2.75, 3.05) is 5.32 Å². The molecule has 0 saturated heterocycles. The van der Waals surface area contributed by atoms with Crippen molar-refractivity contribution in [3.63, 3.8) is 0 Å². The lowest BCUT2D eigenvalue weighted by atomic mass is 10.1. The Morgan fingerprint density at radius 3 is 2.87 bits per heavy atom. The van der Waals surface area contributed by atoms with Crippen molar-refractivity contribution in [1.29, 1.82) is 0 Å². The Morgan fingerprint density at radius 1 is 1.53 bits per heavy atom. The Hall–Kier alpha value is -0.870. The van der Waals surface area contributed by atoms with E-state index in [9.17, 15) is 4.79 Å². The third-order valence-electron chi connectivity index (χ3n) is 2.04. The molecule has 4 heteroatoms. The monoisotopic (exact) mass is 270 g/mol. The summed E-state index contributed by atoms with van der Waals surface area (Å²) in [5.74, 6) is 0.0366. The highest BCUT2D eigenvalue weighted by molar-refractivity contribution is 9.10. The number of halogens is 1. The third-order valence-corrected chi connectivity index (χ3v) is 2.53. The molecule has 0 spiro atoms. The molecule has 0 aromatic heterocycles. The minimum atomic E-state index is 0.0366. The summed E-state index contributed by atoms with van der Waals surface area (Å²) in [4.78, 5) is 11.4. The number of nitrogens with two attached hydrogens (primary N) is 1. The van der Waals surface area contributed by atoms with Gasteiger partial charge in [0.05, 0.1) is 0 Å². The van der Waals surface area contributed by atoms with Gasteiger partial charge in [-0.25, -0.2) is 0 Å². The number of amides is 1. The van der Waals surface area contributed by atoms with Gasteiger partial charge in [-0.3, -0.25) is 4.79 Å². The Bertz CT molecular complexity index is 352. The topological polar surface area (TPSA) is 55.1 Å². The lowest BCUT2D eigenvalue weighted by molar-refractivity contribution is -0.116. The molecule has 0 atom stereocenters. The van der Waals surface area contributed by atoms with Gasteiger partial charge in [0.25, 0.3) is 0 Å². The maximum Gasteiger partial charge on any atom is 0.224 e. The van der Waals surface area contributed by atoms with E-state index in [0.29, 0.717) is 13.0 Å². The first-order valence-corrected chi connectivity index (χ1v) is 5.75. The summed E-state index contributed by atoms with van der Waals surface area (Å²) in [6.07, 6.45) is 1.39. The molecule has 1 aromatic carbocycles. The number of hydrogen-bond donors (Lipinski definition) is 2. The van der Waals surface area contributed by atoms with Crippen LogP contribution in [0.4, 0.5) is 5.69 Å². The van der Waals surface area contributed by atoms with E-state index < -0.39 is 0 Å². The predicted molar refractivity (Wildman–Crippen MR) is 65.6 cm³/mol. The van der Waals surface area contributed by atoms with Gasteiger partial charge in [0, 0.05) is 23.1 Å². The zero-order valence-corrected chi connectivity index (χ0v) is 10.3. The van der Waals surface area contributed by atoms with Crippen molar-refractivity contribution in [1.82, 2.24) is 0 Å². The minimum absolute atomic E-state index is 0.0366. The summed E-state index contributed by atoms with van der Waals surface area (Å²) in [6.45, 7) is 2.40. The van der Waals surface area contributed by atoms with Crippen LogP contribution in [0.3, 0.4) is 0 Å². The molecule has 0 radical (unpaired) electrons. The van der Waals surface area contributed by atoms with Crippen LogP contribution in [0.1, 0.15) is 25.3 Å². The highest BCUT2D eigenvalue weighted by atomic mass is 79.9. The van der Waals surface area contributed by atoms with Crippen molar-refractivity contribution in [2.24, 2.45) is 5.73 Å². The summed E-state index contributed by atoms with van der Waals surface area (Å²) in [5.41, 5.74) is 7.34. The normalized spacial score (nSPS) is 10.1. The smallest absolute Gasteiger partial charge is 0.224 e. The molecule has 3 N–H and O–H groups in total. The zero-order valence-electron chi connectivity index (χ0n) is 8.72. The predicted octanol–water partition coefficient (Wildman–Crippen LogP) is 2.65. The minimum Gasteiger partial charge on any atom is -0.326 e. The van der Waals surface area contributed by atoms with E-state index in [1.54, 1.807) is 0 Å². The van der Waals surface area contributed by atoms with Gasteiger partial charge in [-0.15, -0.1) is 0 Å². The first kappa shape index (κ1) is 12.2. The second-order valence-corrected chi connectivity index (χ2v) is 4.22. The summed E-state index contributed by atoms with van der Waals surface area (Å²) in [5, 5.41) is 2.85. The Labute approximate surface area is 98.2 Å². The summed E-state index contributed by atoms with van der Waals surface area (Å²) in [6, 6.07) is 5.67. The molecule has 1 amide bonds. The van der Waals surface area contributed by atoms with Crippen molar-refractivity contribution in [3.05, 3.63) is 28.2 Å². The van der Waals surface area contributed by atoms with Crippen LogP contribution in [0, 0.1) is 0 Å². The average Bonchev–Trinajstić information content (AvgIpc) is 2.21. The Morgan fingerprint density at radius 2 is 2.27 bits per heavy atom. The molecule has 0 fully saturated rings. The third kappa shape index (κ3) is 3.64. The van der Waals surface area contributed by atoms with E-state index in [-0.39, 0.29) is 5.91 Å². The van der Waals surface area contributed by atoms with Gasteiger partial charge in [0.15, 0.2) is 0 Å². The van der Waals surface area contributed by atoms with Crippen molar-refractivity contribution >= 4 is 27.5 Å². The second kappa shape index (κ2) is 5.88. The van der Waals surface area contributed by atoms with Gasteiger partial charge in [-0.05, 0) is 30.2 Å². The van der Waals surface area contributed by atoms with E-state index in [4.69, 9.17) is 5.73 Å². The fraction of sp³-hybridized carbons (Fsp3) is 0.364. The molecular weight excluding hydrogens is 256 g/mol. The fourth-order valence-corrected chi connectivity index (χ4v) is 1.70. The quantitative estimate of drug-likeness (QED) is 0.884. The van der Waals surface area contributed by atoms with Crippen LogP contribution in [0.2, 0.25) is 0 Å². The van der Waals surface area contributed by atoms with Crippen LogP contribution >= 0.6 is 15.9 Å². The molecule has 3 nitrogen and oxygen atoms in total. The van der Waals surface area contributed by atoms with Crippen LogP contribution < -0.4 is 11.1 Å². The number of nitrogens with one attached hydrogen (secondary N) is 1. The average molecular weight is 271 g/mol. The maximum atomic E-state index is 11.4. The van der Waals surface area contributed by atoms with Crippen LogP contribution in [-0.2, 0) is 11.3 Å². The number of benzene rings is 1. The lowest BCUT2D eigenvalue weighted by Crippen LogP contribution is -2.13. The molecule has 15 heavy (non-hydrogen) atoms. The van der Waals surface area contributed by atoms with Crippen molar-refractivity contribution in [2.45, 2.75) is 26.3 Å². The summed E-state index contributed by atoms with van der Waals surface area (Å²) < 4.78 is 0.969. The molecule has 1 rings (SSSR count). The van der Waals surface area contributed by atoms with Crippen molar-refractivity contribution in [3.8, 4) is 0 Å². The van der Waals surface area contributed by atoms with E-state index >= 15 is 0 Å². The first-order valence-electron chi connectivity index (χ1n) is 4.95. The van der Waals surface area contributed by atoms with Crippen LogP contribution in [-0.4, -0.2) is 5.91 Å². The van der Waals surface area contributed by atoms with Gasteiger partial charge in [-0.1, -0.05) is 22.9 Å². The largest absolute Gasteiger partial charge is 0.326 e. The molecule has 0 aliphatic carbocycles. The molecule has 0 aliphatic heterocycles. The molecule has 0 heterocycles. The number of rotatable bonds is 4. The molecule has 1 aromatic rings. The van der Waals surface area contributed by atoms with E-state index in [1.165, 1.54) is 0 Å². The fourth-order valence-electron chi connectivity index (χ4n) is 1.29. The summed E-state index contributed by atoms with van der Waals surface area (Å²) in [7, 11) is 0. The SMILES string of the molecule is CCCC(=O)Nc1ccc(Br)cc1CN. The van der Waals surface area contributed by atoms with Gasteiger partial charge in [0.2, 0.25) is 5.91 Å². The van der Waals surface area contributed by atoms with Gasteiger partial charge in [-0.2, -0.15) is 0 Å². The molecule has 0 bridgehead atoms. The van der Waals surface area contributed by atoms with Crippen LogP contribution in [0.15, 0.2) is 22.7 Å². The standard InChI is InChI=1S/C11H15BrN2O/c1-2-3-11(15)14-10-5-4-9(12)6-8(10)7-13/h4-6H,2-3,7,13H2,1H3,(H,14,15). The summed E-state index contributed by atoms with van der Waals surface area (Å²) >= 11 is 3.37.